The van der Waals surface area contributed by atoms with E-state index in [0.717, 1.165) is 18.4 Å². The molecule has 4 nitrogen and oxygen atoms in total. The Balaban J connectivity index is 2.04. The van der Waals surface area contributed by atoms with E-state index < -0.39 is 5.97 Å². The predicted molar refractivity (Wildman–Crippen MR) is 84.2 cm³/mol. The van der Waals surface area contributed by atoms with Crippen LogP contribution in [0, 0.1) is 0 Å². The molecule has 0 radical (unpaired) electrons. The number of aromatic hydroxyl groups is 1. The highest BCUT2D eigenvalue weighted by molar-refractivity contribution is 5.92. The van der Waals surface area contributed by atoms with Crippen molar-refractivity contribution in [1.82, 2.24) is 0 Å². The first kappa shape index (κ1) is 15.9. The first-order valence-corrected chi connectivity index (χ1v) is 7.26. The first-order valence-electron chi connectivity index (χ1n) is 7.26. The van der Waals surface area contributed by atoms with Gasteiger partial charge in [0, 0.05) is 6.07 Å². The van der Waals surface area contributed by atoms with Crippen molar-refractivity contribution in [2.45, 2.75) is 26.4 Å². The van der Waals surface area contributed by atoms with Crippen LogP contribution in [0.25, 0.3) is 0 Å². The monoisotopic (exact) mass is 300 g/mol. The molecule has 116 valence electrons. The normalized spacial score (nSPS) is 10.3. The molecule has 2 rings (SSSR count). The fourth-order valence-electron chi connectivity index (χ4n) is 2.21. The molecular formula is C18H20O4. The highest BCUT2D eigenvalue weighted by atomic mass is 16.5. The van der Waals surface area contributed by atoms with Crippen molar-refractivity contribution in [3.63, 3.8) is 0 Å². The lowest BCUT2D eigenvalue weighted by Gasteiger charge is -2.09. The molecular weight excluding hydrogens is 280 g/mol. The molecule has 0 fully saturated rings. The number of phenols is 1. The zero-order valence-corrected chi connectivity index (χ0v) is 12.8. The molecule has 0 spiro atoms. The van der Waals surface area contributed by atoms with Gasteiger partial charge in [-0.15, -0.1) is 0 Å². The van der Waals surface area contributed by atoms with Gasteiger partial charge in [-0.1, -0.05) is 37.6 Å². The number of ether oxygens (including phenoxy) is 2. The number of methoxy groups -OCH3 is 1. The lowest BCUT2D eigenvalue weighted by molar-refractivity contribution is 0.0597. The summed E-state index contributed by atoms with van der Waals surface area (Å²) in [6.45, 7) is 2.56. The van der Waals surface area contributed by atoms with E-state index in [4.69, 9.17) is 4.74 Å². The molecule has 0 aliphatic carbocycles. The SMILES string of the molecule is CCCc1cccc(COc2ccc(C(=O)OC)c(O)c2)c1. The summed E-state index contributed by atoms with van der Waals surface area (Å²) < 4.78 is 10.2. The van der Waals surface area contributed by atoms with Crippen LogP contribution in [0.1, 0.15) is 34.8 Å². The van der Waals surface area contributed by atoms with Gasteiger partial charge in [-0.3, -0.25) is 0 Å². The Morgan fingerprint density at radius 3 is 2.59 bits per heavy atom. The molecule has 0 aliphatic rings. The maximum Gasteiger partial charge on any atom is 0.341 e. The summed E-state index contributed by atoms with van der Waals surface area (Å²) in [5.74, 6) is -0.216. The first-order chi connectivity index (χ1) is 10.6. The van der Waals surface area contributed by atoms with Crippen LogP contribution < -0.4 is 4.74 Å². The standard InChI is InChI=1S/C18H20O4/c1-3-5-13-6-4-7-14(10-13)12-22-15-8-9-16(17(19)11-15)18(20)21-2/h4,6-11,19H,3,5,12H2,1-2H3. The molecule has 0 heterocycles. The Labute approximate surface area is 130 Å². The summed E-state index contributed by atoms with van der Waals surface area (Å²) in [5, 5.41) is 9.82. The highest BCUT2D eigenvalue weighted by Crippen LogP contribution is 2.25. The molecule has 0 saturated carbocycles. The molecule has 0 unspecified atom stereocenters. The van der Waals surface area contributed by atoms with Crippen molar-refractivity contribution in [2.75, 3.05) is 7.11 Å². The van der Waals surface area contributed by atoms with Crippen molar-refractivity contribution in [3.05, 3.63) is 59.2 Å². The molecule has 0 saturated heterocycles. The Hall–Kier alpha value is -2.49. The van der Waals surface area contributed by atoms with Crippen LogP contribution in [-0.2, 0) is 17.8 Å². The zero-order valence-electron chi connectivity index (χ0n) is 12.8. The number of phenolic OH excluding ortho intramolecular Hbond substituents is 1. The van der Waals surface area contributed by atoms with Crippen molar-refractivity contribution in [3.8, 4) is 11.5 Å². The zero-order chi connectivity index (χ0) is 15.9. The van der Waals surface area contributed by atoms with Gasteiger partial charge in [-0.25, -0.2) is 4.79 Å². The van der Waals surface area contributed by atoms with Crippen LogP contribution in [0.2, 0.25) is 0 Å². The smallest absolute Gasteiger partial charge is 0.341 e. The number of carbonyl (C=O) groups excluding carboxylic acids is 1. The lowest BCUT2D eigenvalue weighted by Crippen LogP contribution is -2.02. The summed E-state index contributed by atoms with van der Waals surface area (Å²) in [7, 11) is 1.27. The topological polar surface area (TPSA) is 55.8 Å². The van der Waals surface area contributed by atoms with Gasteiger partial charge < -0.3 is 14.6 Å². The number of aryl methyl sites for hydroxylation is 1. The van der Waals surface area contributed by atoms with Gasteiger partial charge in [0.15, 0.2) is 0 Å². The average Bonchev–Trinajstić information content (AvgIpc) is 2.53. The minimum absolute atomic E-state index is 0.125. The number of carbonyl (C=O) groups is 1. The molecule has 4 heteroatoms. The van der Waals surface area contributed by atoms with Crippen molar-refractivity contribution in [1.29, 1.82) is 0 Å². The second-order valence-electron chi connectivity index (χ2n) is 5.03. The Bertz CT molecular complexity index is 649. The Kier molecular flexibility index (Phi) is 5.42. The molecule has 0 aromatic heterocycles. The summed E-state index contributed by atoms with van der Waals surface area (Å²) in [6, 6.07) is 12.8. The second-order valence-corrected chi connectivity index (χ2v) is 5.03. The van der Waals surface area contributed by atoms with Crippen LogP contribution in [0.4, 0.5) is 0 Å². The van der Waals surface area contributed by atoms with Gasteiger partial charge in [-0.05, 0) is 29.7 Å². The maximum atomic E-state index is 11.4. The van der Waals surface area contributed by atoms with Crippen molar-refractivity contribution < 1.29 is 19.4 Å². The van der Waals surface area contributed by atoms with E-state index in [1.165, 1.54) is 24.8 Å². The van der Waals surface area contributed by atoms with E-state index in [9.17, 15) is 9.90 Å². The lowest BCUT2D eigenvalue weighted by atomic mass is 10.1. The van der Waals surface area contributed by atoms with E-state index in [1.807, 2.05) is 12.1 Å². The fourth-order valence-corrected chi connectivity index (χ4v) is 2.21. The Morgan fingerprint density at radius 2 is 1.91 bits per heavy atom. The van der Waals surface area contributed by atoms with Crippen molar-refractivity contribution >= 4 is 5.97 Å². The molecule has 0 aliphatic heterocycles. The maximum absolute atomic E-state index is 11.4. The summed E-state index contributed by atoms with van der Waals surface area (Å²) in [6.07, 6.45) is 2.15. The van der Waals surface area contributed by atoms with Crippen LogP contribution in [0.5, 0.6) is 11.5 Å². The van der Waals surface area contributed by atoms with E-state index in [0.29, 0.717) is 12.4 Å². The van der Waals surface area contributed by atoms with Gasteiger partial charge in [0.05, 0.1) is 7.11 Å². The minimum Gasteiger partial charge on any atom is -0.507 e. The summed E-state index contributed by atoms with van der Waals surface area (Å²) in [5.41, 5.74) is 2.48. The third-order valence-corrected chi connectivity index (χ3v) is 3.31. The minimum atomic E-state index is -0.573. The molecule has 0 atom stereocenters. The van der Waals surface area contributed by atoms with Crippen molar-refractivity contribution in [2.24, 2.45) is 0 Å². The Morgan fingerprint density at radius 1 is 1.14 bits per heavy atom. The van der Waals surface area contributed by atoms with Gasteiger partial charge in [0.25, 0.3) is 0 Å². The number of hydrogen-bond acceptors (Lipinski definition) is 4. The van der Waals surface area contributed by atoms with E-state index in [-0.39, 0.29) is 11.3 Å². The van der Waals surface area contributed by atoms with Crippen LogP contribution >= 0.6 is 0 Å². The number of esters is 1. The second kappa shape index (κ2) is 7.50. The molecule has 2 aromatic carbocycles. The quantitative estimate of drug-likeness (QED) is 0.826. The predicted octanol–water partition coefficient (Wildman–Crippen LogP) is 3.71. The van der Waals surface area contributed by atoms with E-state index in [1.54, 1.807) is 6.07 Å². The molecule has 22 heavy (non-hydrogen) atoms. The molecule has 0 amide bonds. The largest absolute Gasteiger partial charge is 0.507 e. The molecule has 0 bridgehead atoms. The highest BCUT2D eigenvalue weighted by Gasteiger charge is 2.12. The molecule has 1 N–H and O–H groups in total. The fraction of sp³-hybridized carbons (Fsp3) is 0.278. The van der Waals surface area contributed by atoms with Crippen LogP contribution in [-0.4, -0.2) is 18.2 Å². The van der Waals surface area contributed by atoms with Gasteiger partial charge in [0.1, 0.15) is 23.7 Å². The van der Waals surface area contributed by atoms with Crippen LogP contribution in [0.3, 0.4) is 0 Å². The van der Waals surface area contributed by atoms with E-state index in [2.05, 4.69) is 23.8 Å². The third kappa shape index (κ3) is 4.01. The summed E-state index contributed by atoms with van der Waals surface area (Å²) >= 11 is 0. The number of hydrogen-bond donors (Lipinski definition) is 1. The number of rotatable bonds is 6. The average molecular weight is 300 g/mol. The number of benzene rings is 2. The molecule has 2 aromatic rings. The van der Waals surface area contributed by atoms with E-state index >= 15 is 0 Å². The van der Waals surface area contributed by atoms with Crippen LogP contribution in [0.15, 0.2) is 42.5 Å². The summed E-state index contributed by atoms with van der Waals surface area (Å²) in [4.78, 5) is 11.4. The van der Waals surface area contributed by atoms with Gasteiger partial charge in [0.2, 0.25) is 0 Å². The van der Waals surface area contributed by atoms with Gasteiger partial charge >= 0.3 is 5.97 Å². The third-order valence-electron chi connectivity index (χ3n) is 3.31. The van der Waals surface area contributed by atoms with Gasteiger partial charge in [-0.2, -0.15) is 0 Å².